The number of ether oxygens (including phenoxy) is 3. The highest BCUT2D eigenvalue weighted by Gasteiger charge is 2.56. The summed E-state index contributed by atoms with van der Waals surface area (Å²) in [6.45, 7) is 3.45. The number of hydrogen-bond acceptors (Lipinski definition) is 10. The van der Waals surface area contributed by atoms with Gasteiger partial charge in [0, 0.05) is 16.5 Å². The zero-order chi connectivity index (χ0) is 35.7. The first kappa shape index (κ1) is 34.8. The number of amides is 3. The van der Waals surface area contributed by atoms with Gasteiger partial charge in [-0.1, -0.05) is 35.2 Å². The molecule has 1 saturated heterocycles. The van der Waals surface area contributed by atoms with Crippen LogP contribution in [0.5, 0.6) is 11.5 Å². The molecular weight excluding hydrogens is 700 g/mol. The number of fused-ring (bicyclic) bond motifs is 2. The van der Waals surface area contributed by atoms with Crippen LogP contribution < -0.4 is 24.6 Å². The monoisotopic (exact) mass is 727 g/mol. The maximum absolute atomic E-state index is 14.0. The van der Waals surface area contributed by atoms with Crippen LogP contribution in [0.1, 0.15) is 46.1 Å². The van der Waals surface area contributed by atoms with Gasteiger partial charge in [0.05, 0.1) is 41.0 Å². The van der Waals surface area contributed by atoms with Crippen molar-refractivity contribution in [1.82, 2.24) is 4.98 Å². The molecule has 2 aliphatic heterocycles. The van der Waals surface area contributed by atoms with Crippen LogP contribution in [-0.4, -0.2) is 53.7 Å². The number of esters is 1. The molecule has 2 N–H and O–H groups in total. The van der Waals surface area contributed by atoms with Crippen molar-refractivity contribution < 1.29 is 46.6 Å². The number of nitrogens with zero attached hydrogens (tertiary/aromatic N) is 1. The Labute approximate surface area is 290 Å². The van der Waals surface area contributed by atoms with Gasteiger partial charge in [0.15, 0.2) is 18.1 Å². The lowest BCUT2D eigenvalue weighted by Crippen LogP contribution is -2.32. The second-order valence-electron chi connectivity index (χ2n) is 11.1. The van der Waals surface area contributed by atoms with E-state index in [4.69, 9.17) is 14.2 Å². The third-order valence-corrected chi connectivity index (χ3v) is 10.3. The Hall–Kier alpha value is -5.09. The fraction of sp³-hybridized carbons (Fsp3) is 0.265. The summed E-state index contributed by atoms with van der Waals surface area (Å²) in [6, 6.07) is 14.9. The van der Waals surface area contributed by atoms with Crippen LogP contribution in [0.15, 0.2) is 76.6 Å². The average Bonchev–Trinajstić information content (AvgIpc) is 3.58. The van der Waals surface area contributed by atoms with E-state index in [0.29, 0.717) is 26.7 Å². The van der Waals surface area contributed by atoms with Crippen molar-refractivity contribution in [1.29, 1.82) is 0 Å². The summed E-state index contributed by atoms with van der Waals surface area (Å²) in [5.74, 6) is -3.84. The van der Waals surface area contributed by atoms with Crippen LogP contribution >= 0.6 is 23.1 Å². The third kappa shape index (κ3) is 6.85. The summed E-state index contributed by atoms with van der Waals surface area (Å²) in [5, 5.41) is 2.04. The largest absolute Gasteiger partial charge is 0.490 e. The van der Waals surface area contributed by atoms with Crippen LogP contribution in [0.25, 0.3) is 0 Å². The molecule has 3 heterocycles. The van der Waals surface area contributed by atoms with E-state index < -0.39 is 64.0 Å². The second-order valence-corrected chi connectivity index (χ2v) is 13.3. The molecule has 260 valence electrons. The van der Waals surface area contributed by atoms with Crippen LogP contribution in [0.2, 0.25) is 0 Å². The highest BCUT2D eigenvalue weighted by Crippen LogP contribution is 2.54. The molecule has 6 rings (SSSR count). The van der Waals surface area contributed by atoms with E-state index in [9.17, 15) is 37.1 Å². The number of thiazole rings is 1. The number of H-pyrrole nitrogens is 1. The number of aromatic amines is 1. The molecule has 1 fully saturated rings. The van der Waals surface area contributed by atoms with E-state index in [2.05, 4.69) is 10.3 Å². The van der Waals surface area contributed by atoms with Gasteiger partial charge in [0.1, 0.15) is 5.25 Å². The molecule has 3 amide bonds. The molecule has 0 spiro atoms. The summed E-state index contributed by atoms with van der Waals surface area (Å²) < 4.78 is 57.1. The standard InChI is InChI=1S/C34H28F3N3O8S2/c1-3-46-23-14-18(10-13-22(23)48-16-24(41)38-20-11-8-17(9-12-20)32(44)47-4-2)25-26-28(49-29-27(25)50-33(45)39-29)31(43)40(30(26)42)21-7-5-6-19(15-21)34(35,36)37/h5-15,25-26,28H,3-4,16H2,1-2H3,(H,38,41)(H,39,45)/t25-,26-,28+/m0/s1. The Morgan fingerprint density at radius 2 is 1.68 bits per heavy atom. The topological polar surface area (TPSA) is 144 Å². The molecule has 4 aromatic rings. The molecule has 3 atom stereocenters. The fourth-order valence-corrected chi connectivity index (χ4v) is 8.32. The molecule has 16 heteroatoms. The lowest BCUT2D eigenvalue weighted by molar-refractivity contribution is -0.137. The van der Waals surface area contributed by atoms with Gasteiger partial charge in [-0.3, -0.25) is 19.2 Å². The van der Waals surface area contributed by atoms with Crippen LogP contribution in [0.4, 0.5) is 24.5 Å². The molecule has 11 nitrogen and oxygen atoms in total. The number of rotatable bonds is 10. The first-order valence-electron chi connectivity index (χ1n) is 15.3. The van der Waals surface area contributed by atoms with Gasteiger partial charge in [-0.25, -0.2) is 9.69 Å². The van der Waals surface area contributed by atoms with E-state index in [1.54, 1.807) is 44.2 Å². The van der Waals surface area contributed by atoms with Gasteiger partial charge in [-0.2, -0.15) is 13.2 Å². The molecule has 0 unspecified atom stereocenters. The highest BCUT2D eigenvalue weighted by atomic mass is 32.2. The highest BCUT2D eigenvalue weighted by molar-refractivity contribution is 8.00. The first-order chi connectivity index (χ1) is 23.9. The number of anilines is 2. The quantitative estimate of drug-likeness (QED) is 0.152. The molecule has 50 heavy (non-hydrogen) atoms. The van der Waals surface area contributed by atoms with E-state index in [1.165, 1.54) is 18.2 Å². The number of carbonyl (C=O) groups is 4. The molecule has 2 aliphatic rings. The number of imide groups is 1. The predicted molar refractivity (Wildman–Crippen MR) is 178 cm³/mol. The smallest absolute Gasteiger partial charge is 0.416 e. The van der Waals surface area contributed by atoms with Gasteiger partial charge < -0.3 is 24.5 Å². The number of alkyl halides is 3. The Bertz CT molecular complexity index is 2030. The predicted octanol–water partition coefficient (Wildman–Crippen LogP) is 5.84. The molecule has 3 aromatic carbocycles. The maximum Gasteiger partial charge on any atom is 0.416 e. The van der Waals surface area contributed by atoms with Crippen molar-refractivity contribution in [3.8, 4) is 11.5 Å². The zero-order valence-electron chi connectivity index (χ0n) is 26.4. The molecule has 0 radical (unpaired) electrons. The van der Waals surface area contributed by atoms with E-state index >= 15 is 0 Å². The third-order valence-electron chi connectivity index (χ3n) is 7.92. The number of nitrogens with one attached hydrogen (secondary N) is 2. The number of halogens is 3. The minimum atomic E-state index is -4.69. The van der Waals surface area contributed by atoms with Crippen molar-refractivity contribution >= 4 is 58.2 Å². The lowest BCUT2D eigenvalue weighted by atomic mass is 9.83. The SMILES string of the molecule is CCOC(=O)c1ccc(NC(=O)COc2ccc([C@@H]3c4sc(=O)[nH]c4S[C@H]4C(=O)N(c5cccc(C(F)(F)F)c5)C(=O)[C@@H]34)cc2OCC)cc1. The van der Waals surface area contributed by atoms with Crippen LogP contribution in [-0.2, 0) is 25.3 Å². The zero-order valence-corrected chi connectivity index (χ0v) is 28.0. The van der Waals surface area contributed by atoms with Crippen LogP contribution in [0.3, 0.4) is 0 Å². The molecule has 0 bridgehead atoms. The minimum absolute atomic E-state index is 0.201. The Morgan fingerprint density at radius 1 is 0.920 bits per heavy atom. The van der Waals surface area contributed by atoms with Gasteiger partial charge >= 0.3 is 17.0 Å². The fourth-order valence-electron chi connectivity index (χ4n) is 5.80. The average molecular weight is 728 g/mol. The number of aromatic nitrogens is 1. The summed E-state index contributed by atoms with van der Waals surface area (Å²) in [5.41, 5.74) is 0.0401. The van der Waals surface area contributed by atoms with Crippen molar-refractivity contribution in [2.24, 2.45) is 5.92 Å². The van der Waals surface area contributed by atoms with Crippen molar-refractivity contribution in [2.45, 2.75) is 36.2 Å². The van der Waals surface area contributed by atoms with Crippen molar-refractivity contribution in [3.05, 3.63) is 98.0 Å². The summed E-state index contributed by atoms with van der Waals surface area (Å²) in [7, 11) is 0. The van der Waals surface area contributed by atoms with E-state index in [-0.39, 0.29) is 30.4 Å². The molecule has 0 saturated carbocycles. The lowest BCUT2D eigenvalue weighted by Gasteiger charge is -2.30. The molecular formula is C34H28F3N3O8S2. The second kappa shape index (κ2) is 14.0. The summed E-state index contributed by atoms with van der Waals surface area (Å²) in [6.07, 6.45) is -4.69. The number of hydrogen-bond donors (Lipinski definition) is 2. The number of carbonyl (C=O) groups excluding carboxylic acids is 4. The Kier molecular flexibility index (Phi) is 9.75. The summed E-state index contributed by atoms with van der Waals surface area (Å²) >= 11 is 1.88. The van der Waals surface area contributed by atoms with Gasteiger partial charge in [-0.15, -0.1) is 0 Å². The Morgan fingerprint density at radius 3 is 2.38 bits per heavy atom. The minimum Gasteiger partial charge on any atom is -0.490 e. The van der Waals surface area contributed by atoms with E-state index in [0.717, 1.165) is 46.2 Å². The first-order valence-corrected chi connectivity index (χ1v) is 17.0. The van der Waals surface area contributed by atoms with Gasteiger partial charge in [0.2, 0.25) is 11.8 Å². The van der Waals surface area contributed by atoms with Crippen molar-refractivity contribution in [3.63, 3.8) is 0 Å². The maximum atomic E-state index is 14.0. The van der Waals surface area contributed by atoms with Crippen LogP contribution in [0, 0.1) is 5.92 Å². The van der Waals surface area contributed by atoms with E-state index in [1.807, 2.05) is 0 Å². The summed E-state index contributed by atoms with van der Waals surface area (Å²) in [4.78, 5) is 68.4. The Balaban J connectivity index is 1.26. The van der Waals surface area contributed by atoms with Crippen molar-refractivity contribution in [2.75, 3.05) is 30.0 Å². The molecule has 0 aliphatic carbocycles. The van der Waals surface area contributed by atoms with Gasteiger partial charge in [0.25, 0.3) is 5.91 Å². The normalized spacial score (nSPS) is 18.3. The van der Waals surface area contributed by atoms with Gasteiger partial charge in [-0.05, 0) is 74.0 Å². The number of benzene rings is 3. The molecule has 1 aromatic heterocycles. The number of thioether (sulfide) groups is 1.